The van der Waals surface area contributed by atoms with Gasteiger partial charge in [0, 0.05) is 11.8 Å². The molecule has 0 aromatic heterocycles. The van der Waals surface area contributed by atoms with E-state index < -0.39 is 35.2 Å². The van der Waals surface area contributed by atoms with E-state index >= 15 is 0 Å². The van der Waals surface area contributed by atoms with Crippen LogP contribution >= 0.6 is 11.6 Å². The Kier molecular flexibility index (Phi) is 4.43. The Labute approximate surface area is 128 Å². The number of β-amino-alcohol motifs (C(OH)–C–C–N with tert-alkyl or cyclic N) is 1. The van der Waals surface area contributed by atoms with Crippen molar-refractivity contribution in [3.8, 4) is 0 Å². The highest BCUT2D eigenvalue weighted by Crippen LogP contribution is 2.36. The highest BCUT2D eigenvalue weighted by atomic mass is 35.5. The van der Waals surface area contributed by atoms with Gasteiger partial charge in [-0.25, -0.2) is 0 Å². The van der Waals surface area contributed by atoms with Gasteiger partial charge in [0.1, 0.15) is 5.70 Å². The van der Waals surface area contributed by atoms with Crippen molar-refractivity contribution in [3.05, 3.63) is 40.6 Å². The van der Waals surface area contributed by atoms with E-state index in [4.69, 9.17) is 16.7 Å². The maximum absolute atomic E-state index is 12.8. The number of amides is 2. The number of hydrogen-bond acceptors (Lipinski definition) is 4. The molecule has 0 spiro atoms. The summed E-state index contributed by atoms with van der Waals surface area (Å²) in [6, 6.07) is 3.04. The van der Waals surface area contributed by atoms with Gasteiger partial charge in [-0.3, -0.25) is 14.5 Å². The summed E-state index contributed by atoms with van der Waals surface area (Å²) in [6.07, 6.45) is -3.68. The number of carbonyl (C=O) groups excluding carboxylic acids is 2. The molecule has 1 aliphatic heterocycles. The van der Waals surface area contributed by atoms with Crippen molar-refractivity contribution in [2.24, 2.45) is 0 Å². The quantitative estimate of drug-likeness (QED) is 0.827. The van der Waals surface area contributed by atoms with Gasteiger partial charge in [0.25, 0.3) is 11.8 Å². The number of nitrogens with zero attached hydrogens (tertiary/aromatic N) is 1. The van der Waals surface area contributed by atoms with Crippen LogP contribution in [0.5, 0.6) is 0 Å². The van der Waals surface area contributed by atoms with Crippen LogP contribution in [0, 0.1) is 0 Å². The summed E-state index contributed by atoms with van der Waals surface area (Å²) in [7, 11) is 0. The van der Waals surface area contributed by atoms with Crippen molar-refractivity contribution < 1.29 is 27.9 Å². The molecule has 5 nitrogen and oxygen atoms in total. The number of rotatable bonds is 4. The first-order valence-corrected chi connectivity index (χ1v) is 6.44. The lowest BCUT2D eigenvalue weighted by atomic mass is 10.2. The van der Waals surface area contributed by atoms with Crippen molar-refractivity contribution in [1.82, 2.24) is 4.90 Å². The van der Waals surface area contributed by atoms with Gasteiger partial charge in [-0.2, -0.15) is 13.2 Å². The third-order valence-electron chi connectivity index (χ3n) is 2.88. The number of alkyl halides is 3. The first kappa shape index (κ1) is 16.3. The molecule has 0 radical (unpaired) electrons. The molecule has 0 atom stereocenters. The molecule has 2 N–H and O–H groups in total. The Morgan fingerprint density at radius 1 is 1.27 bits per heavy atom. The number of halogens is 4. The van der Waals surface area contributed by atoms with Crippen molar-refractivity contribution in [2.75, 3.05) is 18.5 Å². The molecule has 9 heteroatoms. The van der Waals surface area contributed by atoms with Crippen LogP contribution in [0.25, 0.3) is 0 Å². The minimum atomic E-state index is -4.64. The van der Waals surface area contributed by atoms with Gasteiger partial charge in [0.2, 0.25) is 0 Å². The van der Waals surface area contributed by atoms with Crippen LogP contribution in [0.1, 0.15) is 5.56 Å². The van der Waals surface area contributed by atoms with Gasteiger partial charge in [0.05, 0.1) is 23.7 Å². The summed E-state index contributed by atoms with van der Waals surface area (Å²) in [5.74, 6) is -1.37. The molecule has 2 rings (SSSR count). The van der Waals surface area contributed by atoms with E-state index in [1.807, 2.05) is 0 Å². The average Bonchev–Trinajstić information content (AvgIpc) is 2.68. The minimum Gasteiger partial charge on any atom is -0.395 e. The van der Waals surface area contributed by atoms with E-state index in [1.165, 1.54) is 6.07 Å². The van der Waals surface area contributed by atoms with Crippen LogP contribution in [0.2, 0.25) is 5.02 Å². The number of carbonyl (C=O) groups is 2. The van der Waals surface area contributed by atoms with Crippen LogP contribution < -0.4 is 5.32 Å². The van der Waals surface area contributed by atoms with E-state index in [9.17, 15) is 22.8 Å². The first-order chi connectivity index (χ1) is 10.2. The van der Waals surface area contributed by atoms with E-state index in [1.54, 1.807) is 0 Å². The van der Waals surface area contributed by atoms with Crippen LogP contribution in [0.3, 0.4) is 0 Å². The van der Waals surface area contributed by atoms with Gasteiger partial charge < -0.3 is 10.4 Å². The topological polar surface area (TPSA) is 69.6 Å². The second-order valence-corrected chi connectivity index (χ2v) is 4.80. The zero-order valence-corrected chi connectivity index (χ0v) is 11.7. The molecule has 0 fully saturated rings. The largest absolute Gasteiger partial charge is 0.417 e. The minimum absolute atomic E-state index is 0.0324. The zero-order chi connectivity index (χ0) is 16.5. The molecule has 1 heterocycles. The Balaban J connectivity index is 2.24. The standard InChI is InChI=1S/C13H10ClF3N2O3/c14-9-2-1-7(5-8(9)13(15,16)17)18-10-6-11(21)19(3-4-20)12(10)22/h1-2,5-6,18,20H,3-4H2. The molecule has 0 unspecified atom stereocenters. The molecule has 1 aromatic carbocycles. The Bertz CT molecular complexity index is 658. The number of aliphatic hydroxyl groups excluding tert-OH is 1. The van der Waals surface area contributed by atoms with Gasteiger partial charge in [-0.1, -0.05) is 11.6 Å². The van der Waals surface area contributed by atoms with Crippen LogP contribution in [-0.2, 0) is 15.8 Å². The Morgan fingerprint density at radius 2 is 1.95 bits per heavy atom. The van der Waals surface area contributed by atoms with Crippen molar-refractivity contribution in [3.63, 3.8) is 0 Å². The highest BCUT2D eigenvalue weighted by Gasteiger charge is 2.34. The molecule has 0 saturated heterocycles. The second kappa shape index (κ2) is 5.98. The monoisotopic (exact) mass is 334 g/mol. The first-order valence-electron chi connectivity index (χ1n) is 6.06. The van der Waals surface area contributed by atoms with Crippen molar-refractivity contribution >= 4 is 29.1 Å². The summed E-state index contributed by atoms with van der Waals surface area (Å²) in [6.45, 7) is -0.592. The maximum atomic E-state index is 12.8. The maximum Gasteiger partial charge on any atom is 0.417 e. The molecule has 0 bridgehead atoms. The number of hydrogen-bond donors (Lipinski definition) is 2. The number of anilines is 1. The molecular weight excluding hydrogens is 325 g/mol. The fraction of sp³-hybridized carbons (Fsp3) is 0.231. The fourth-order valence-corrected chi connectivity index (χ4v) is 2.11. The van der Waals surface area contributed by atoms with Gasteiger partial charge in [-0.15, -0.1) is 0 Å². The molecule has 1 aromatic rings. The molecule has 0 aliphatic carbocycles. The van der Waals surface area contributed by atoms with Gasteiger partial charge >= 0.3 is 6.18 Å². The fourth-order valence-electron chi connectivity index (χ4n) is 1.89. The third kappa shape index (κ3) is 3.23. The predicted molar refractivity (Wildman–Crippen MR) is 72.0 cm³/mol. The highest BCUT2D eigenvalue weighted by molar-refractivity contribution is 6.31. The predicted octanol–water partition coefficient (Wildman–Crippen LogP) is 2.02. The lowest BCUT2D eigenvalue weighted by molar-refractivity contribution is -0.138. The molecule has 2 amide bonds. The van der Waals surface area contributed by atoms with E-state index in [0.29, 0.717) is 0 Å². The summed E-state index contributed by atoms with van der Waals surface area (Å²) < 4.78 is 38.3. The average molecular weight is 335 g/mol. The summed E-state index contributed by atoms with van der Waals surface area (Å²) in [5, 5.41) is 10.8. The lowest BCUT2D eigenvalue weighted by Gasteiger charge is -2.14. The lowest BCUT2D eigenvalue weighted by Crippen LogP contribution is -2.34. The second-order valence-electron chi connectivity index (χ2n) is 4.39. The number of nitrogens with one attached hydrogen (secondary N) is 1. The summed E-state index contributed by atoms with van der Waals surface area (Å²) in [5.41, 5.74) is -1.26. The van der Waals surface area contributed by atoms with Crippen LogP contribution in [0.15, 0.2) is 30.0 Å². The normalized spacial score (nSPS) is 15.3. The van der Waals surface area contributed by atoms with Crippen LogP contribution in [0.4, 0.5) is 18.9 Å². The van der Waals surface area contributed by atoms with E-state index in [2.05, 4.69) is 5.32 Å². The summed E-state index contributed by atoms with van der Waals surface area (Å²) >= 11 is 5.49. The van der Waals surface area contributed by atoms with Gasteiger partial charge in [-0.05, 0) is 18.2 Å². The number of imide groups is 1. The molecule has 22 heavy (non-hydrogen) atoms. The zero-order valence-electron chi connectivity index (χ0n) is 10.9. The van der Waals surface area contributed by atoms with Crippen LogP contribution in [-0.4, -0.2) is 35.0 Å². The van der Waals surface area contributed by atoms with Crippen molar-refractivity contribution in [2.45, 2.75) is 6.18 Å². The smallest absolute Gasteiger partial charge is 0.395 e. The molecular formula is C13H10ClF3N2O3. The van der Waals surface area contributed by atoms with Gasteiger partial charge in [0.15, 0.2) is 0 Å². The molecule has 1 aliphatic rings. The molecule has 118 valence electrons. The Morgan fingerprint density at radius 3 is 2.55 bits per heavy atom. The molecule has 0 saturated carbocycles. The van der Waals surface area contributed by atoms with Crippen molar-refractivity contribution in [1.29, 1.82) is 0 Å². The van der Waals surface area contributed by atoms with E-state index in [-0.39, 0.29) is 17.9 Å². The van der Waals surface area contributed by atoms with E-state index in [0.717, 1.165) is 23.1 Å². The number of benzene rings is 1. The number of aliphatic hydroxyl groups is 1. The SMILES string of the molecule is O=C1C=C(Nc2ccc(Cl)c(C(F)(F)F)c2)C(=O)N1CCO. The Hall–Kier alpha value is -2.06. The summed E-state index contributed by atoms with van der Waals surface area (Å²) in [4.78, 5) is 24.2. The third-order valence-corrected chi connectivity index (χ3v) is 3.21.